The summed E-state index contributed by atoms with van der Waals surface area (Å²) in [4.78, 5) is 0.250. The predicted octanol–water partition coefficient (Wildman–Crippen LogP) is 1.45. The fourth-order valence-electron chi connectivity index (χ4n) is 1.78. The lowest BCUT2D eigenvalue weighted by atomic mass is 10.2. The number of aryl methyl sites for hydroxylation is 1. The zero-order valence-corrected chi connectivity index (χ0v) is 11.3. The van der Waals surface area contributed by atoms with Crippen LogP contribution >= 0.6 is 0 Å². The van der Waals surface area contributed by atoms with Gasteiger partial charge >= 0.3 is 0 Å². The Morgan fingerprint density at radius 2 is 1.83 bits per heavy atom. The lowest BCUT2D eigenvalue weighted by molar-refractivity contribution is 0.171. The van der Waals surface area contributed by atoms with Crippen LogP contribution in [0.3, 0.4) is 0 Å². The minimum absolute atomic E-state index is 0.250. The van der Waals surface area contributed by atoms with Crippen LogP contribution in [0.15, 0.2) is 17.0 Å². The highest BCUT2D eigenvalue weighted by atomic mass is 32.2. The standard InChI is InChI=1S/C12H17NO4S/c1-3-4-13-18(14,15)12-8-11-10(7-9(12)2)16-5-6-17-11/h7-8,13H,3-6H2,1-2H3. The van der Waals surface area contributed by atoms with Crippen LogP contribution in [0, 0.1) is 6.92 Å². The molecule has 0 spiro atoms. The van der Waals surface area contributed by atoms with E-state index in [1.807, 2.05) is 6.92 Å². The SMILES string of the molecule is CCCNS(=O)(=O)c1cc2c(cc1C)OCCO2. The molecular formula is C12H17NO4S. The van der Waals surface area contributed by atoms with Gasteiger partial charge in [0.2, 0.25) is 10.0 Å². The second-order valence-corrected chi connectivity index (χ2v) is 5.89. The molecular weight excluding hydrogens is 254 g/mol. The Kier molecular flexibility index (Phi) is 3.77. The molecule has 100 valence electrons. The molecule has 0 aliphatic carbocycles. The summed E-state index contributed by atoms with van der Waals surface area (Å²) in [5, 5.41) is 0. The lowest BCUT2D eigenvalue weighted by Gasteiger charge is -2.20. The molecule has 0 radical (unpaired) electrons. The van der Waals surface area contributed by atoms with Gasteiger partial charge in [0.1, 0.15) is 13.2 Å². The maximum Gasteiger partial charge on any atom is 0.240 e. The van der Waals surface area contributed by atoms with Crippen LogP contribution in [0.25, 0.3) is 0 Å². The van der Waals surface area contributed by atoms with Crippen molar-refractivity contribution < 1.29 is 17.9 Å². The quantitative estimate of drug-likeness (QED) is 0.900. The van der Waals surface area contributed by atoms with Crippen molar-refractivity contribution in [2.24, 2.45) is 0 Å². The van der Waals surface area contributed by atoms with Crippen LogP contribution in [0.4, 0.5) is 0 Å². The zero-order chi connectivity index (χ0) is 13.2. The molecule has 5 nitrogen and oxygen atoms in total. The van der Waals surface area contributed by atoms with E-state index in [0.717, 1.165) is 6.42 Å². The maximum atomic E-state index is 12.1. The monoisotopic (exact) mass is 271 g/mol. The van der Waals surface area contributed by atoms with E-state index in [2.05, 4.69) is 4.72 Å². The van der Waals surface area contributed by atoms with Crippen molar-refractivity contribution in [1.29, 1.82) is 0 Å². The summed E-state index contributed by atoms with van der Waals surface area (Å²) < 4.78 is 37.5. The summed E-state index contributed by atoms with van der Waals surface area (Å²) in [7, 11) is -3.47. The first-order valence-corrected chi connectivity index (χ1v) is 7.43. The van der Waals surface area contributed by atoms with Crippen molar-refractivity contribution in [1.82, 2.24) is 4.72 Å². The summed E-state index contributed by atoms with van der Waals surface area (Å²) >= 11 is 0. The Labute approximate surface area is 107 Å². The van der Waals surface area contributed by atoms with Gasteiger partial charge in [-0.3, -0.25) is 0 Å². The maximum absolute atomic E-state index is 12.1. The van der Waals surface area contributed by atoms with Crippen LogP contribution in [0.5, 0.6) is 11.5 Å². The van der Waals surface area contributed by atoms with Crippen molar-refractivity contribution in [2.75, 3.05) is 19.8 Å². The number of fused-ring (bicyclic) bond motifs is 1. The topological polar surface area (TPSA) is 64.6 Å². The number of sulfonamides is 1. The Morgan fingerprint density at radius 3 is 2.44 bits per heavy atom. The van der Waals surface area contributed by atoms with Gasteiger partial charge < -0.3 is 9.47 Å². The van der Waals surface area contributed by atoms with E-state index in [9.17, 15) is 8.42 Å². The molecule has 0 unspecified atom stereocenters. The van der Waals surface area contributed by atoms with Crippen LogP contribution in [-0.4, -0.2) is 28.2 Å². The van der Waals surface area contributed by atoms with Crippen LogP contribution in [-0.2, 0) is 10.0 Å². The molecule has 6 heteroatoms. The molecule has 0 fully saturated rings. The number of ether oxygens (including phenoxy) is 2. The van der Waals surface area contributed by atoms with Gasteiger partial charge in [0.25, 0.3) is 0 Å². The first-order valence-electron chi connectivity index (χ1n) is 5.94. The number of hydrogen-bond donors (Lipinski definition) is 1. The third-order valence-corrected chi connectivity index (χ3v) is 4.27. The molecule has 18 heavy (non-hydrogen) atoms. The van der Waals surface area contributed by atoms with Crippen LogP contribution in [0.1, 0.15) is 18.9 Å². The Balaban J connectivity index is 2.39. The van der Waals surface area contributed by atoms with Crippen molar-refractivity contribution >= 4 is 10.0 Å². The summed E-state index contributed by atoms with van der Waals surface area (Å²) in [6.45, 7) is 5.03. The van der Waals surface area contributed by atoms with Gasteiger partial charge in [-0.15, -0.1) is 0 Å². The van der Waals surface area contributed by atoms with Crippen molar-refractivity contribution in [3.63, 3.8) is 0 Å². The van der Waals surface area contributed by atoms with Crippen molar-refractivity contribution in [2.45, 2.75) is 25.2 Å². The molecule has 1 aromatic carbocycles. The normalized spacial score (nSPS) is 14.6. The summed E-state index contributed by atoms with van der Waals surface area (Å²) in [5.74, 6) is 1.09. The van der Waals surface area contributed by atoms with Gasteiger partial charge in [-0.2, -0.15) is 0 Å². The highest BCUT2D eigenvalue weighted by molar-refractivity contribution is 7.89. The van der Waals surface area contributed by atoms with Gasteiger partial charge in [-0.1, -0.05) is 6.92 Å². The molecule has 1 N–H and O–H groups in total. The molecule has 1 heterocycles. The summed E-state index contributed by atoms with van der Waals surface area (Å²) in [6, 6.07) is 3.23. The first-order chi connectivity index (χ1) is 8.54. The van der Waals surface area contributed by atoms with E-state index >= 15 is 0 Å². The molecule has 1 aliphatic rings. The van der Waals surface area contributed by atoms with E-state index < -0.39 is 10.0 Å². The van der Waals surface area contributed by atoms with E-state index in [1.54, 1.807) is 13.0 Å². The fourth-order valence-corrected chi connectivity index (χ4v) is 3.15. The Morgan fingerprint density at radius 1 is 1.22 bits per heavy atom. The minimum atomic E-state index is -3.47. The largest absolute Gasteiger partial charge is 0.486 e. The average Bonchev–Trinajstić information content (AvgIpc) is 2.35. The average molecular weight is 271 g/mol. The third kappa shape index (κ3) is 2.59. The third-order valence-electron chi connectivity index (χ3n) is 2.67. The number of benzene rings is 1. The van der Waals surface area contributed by atoms with Crippen LogP contribution < -0.4 is 14.2 Å². The Bertz CT molecular complexity index is 539. The second kappa shape index (κ2) is 5.16. The van der Waals surface area contributed by atoms with Gasteiger partial charge in [0.05, 0.1) is 4.90 Å². The molecule has 1 aliphatic heterocycles. The van der Waals surface area contributed by atoms with E-state index in [4.69, 9.17) is 9.47 Å². The molecule has 0 atom stereocenters. The van der Waals surface area contributed by atoms with E-state index in [1.165, 1.54) is 6.07 Å². The molecule has 2 rings (SSSR count). The van der Waals surface area contributed by atoms with Gasteiger partial charge in [-0.25, -0.2) is 13.1 Å². The predicted molar refractivity (Wildman–Crippen MR) is 67.6 cm³/mol. The fraction of sp³-hybridized carbons (Fsp3) is 0.500. The molecule has 0 saturated heterocycles. The van der Waals surface area contributed by atoms with E-state index in [-0.39, 0.29) is 4.90 Å². The smallest absolute Gasteiger partial charge is 0.240 e. The van der Waals surface area contributed by atoms with Crippen molar-refractivity contribution in [3.05, 3.63) is 17.7 Å². The molecule has 0 bridgehead atoms. The molecule has 0 saturated carbocycles. The number of nitrogens with one attached hydrogen (secondary N) is 1. The summed E-state index contributed by atoms with van der Waals surface area (Å²) in [5.41, 5.74) is 0.655. The molecule has 0 amide bonds. The molecule has 0 aromatic heterocycles. The van der Waals surface area contributed by atoms with Gasteiger partial charge in [0.15, 0.2) is 11.5 Å². The van der Waals surface area contributed by atoms with Gasteiger partial charge in [-0.05, 0) is 25.0 Å². The van der Waals surface area contributed by atoms with Gasteiger partial charge in [0, 0.05) is 12.6 Å². The highest BCUT2D eigenvalue weighted by Crippen LogP contribution is 2.34. The van der Waals surface area contributed by atoms with Crippen molar-refractivity contribution in [3.8, 4) is 11.5 Å². The van der Waals surface area contributed by atoms with E-state index in [0.29, 0.717) is 36.8 Å². The Hall–Kier alpha value is -1.27. The lowest BCUT2D eigenvalue weighted by Crippen LogP contribution is -2.25. The molecule has 1 aromatic rings. The first kappa shape index (κ1) is 13.2. The highest BCUT2D eigenvalue weighted by Gasteiger charge is 2.21. The minimum Gasteiger partial charge on any atom is -0.486 e. The number of rotatable bonds is 4. The summed E-state index contributed by atoms with van der Waals surface area (Å²) in [6.07, 6.45) is 0.753. The second-order valence-electron chi connectivity index (χ2n) is 4.16. The zero-order valence-electron chi connectivity index (χ0n) is 10.5. The number of hydrogen-bond acceptors (Lipinski definition) is 4. The van der Waals surface area contributed by atoms with Crippen LogP contribution in [0.2, 0.25) is 0 Å².